The van der Waals surface area contributed by atoms with Crippen LogP contribution >= 0.6 is 0 Å². The molecule has 0 aliphatic carbocycles. The van der Waals surface area contributed by atoms with Gasteiger partial charge in [0.2, 0.25) is 0 Å². The summed E-state index contributed by atoms with van der Waals surface area (Å²) in [5, 5.41) is 0. The maximum Gasteiger partial charge on any atom is 0.343 e. The summed E-state index contributed by atoms with van der Waals surface area (Å²) in [6.07, 6.45) is 0. The van der Waals surface area contributed by atoms with Crippen LogP contribution in [0.3, 0.4) is 0 Å². The maximum absolute atomic E-state index is 12.5. The molecule has 7 heteroatoms. The van der Waals surface area contributed by atoms with Crippen molar-refractivity contribution in [3.8, 4) is 5.75 Å². The molecule has 2 aromatic rings. The third-order valence-electron chi connectivity index (χ3n) is 3.42. The number of sulfonamides is 1. The molecule has 128 valence electrons. The number of esters is 1. The number of ether oxygens (including phenoxy) is 2. The molecule has 0 saturated carbocycles. The molecule has 24 heavy (non-hydrogen) atoms. The quantitative estimate of drug-likeness (QED) is 0.811. The van der Waals surface area contributed by atoms with Gasteiger partial charge in [-0.15, -0.1) is 0 Å². The molecule has 0 bridgehead atoms. The van der Waals surface area contributed by atoms with Crippen molar-refractivity contribution < 1.29 is 22.7 Å². The largest absolute Gasteiger partial charge is 0.482 e. The lowest BCUT2D eigenvalue weighted by atomic mass is 10.2. The van der Waals surface area contributed by atoms with Gasteiger partial charge in [-0.05, 0) is 49.2 Å². The topological polar surface area (TPSA) is 81.7 Å². The second kappa shape index (κ2) is 7.35. The Morgan fingerprint density at radius 3 is 2.42 bits per heavy atom. The molecular weight excluding hydrogens is 330 g/mol. The van der Waals surface area contributed by atoms with E-state index in [0.717, 1.165) is 5.56 Å². The van der Waals surface area contributed by atoms with Crippen LogP contribution in [0.15, 0.2) is 47.4 Å². The fraction of sp³-hybridized carbons (Fsp3) is 0.235. The minimum atomic E-state index is -3.71. The first-order valence-electron chi connectivity index (χ1n) is 7.22. The number of rotatable bonds is 6. The molecule has 2 aromatic carbocycles. The third-order valence-corrected chi connectivity index (χ3v) is 4.78. The zero-order valence-corrected chi connectivity index (χ0v) is 14.5. The maximum atomic E-state index is 12.5. The van der Waals surface area contributed by atoms with E-state index in [9.17, 15) is 13.2 Å². The van der Waals surface area contributed by atoms with E-state index in [1.165, 1.54) is 25.3 Å². The van der Waals surface area contributed by atoms with Crippen LogP contribution in [0.1, 0.15) is 11.1 Å². The van der Waals surface area contributed by atoms with Crippen LogP contribution in [0.25, 0.3) is 0 Å². The van der Waals surface area contributed by atoms with Crippen molar-refractivity contribution >= 4 is 21.7 Å². The van der Waals surface area contributed by atoms with E-state index in [0.29, 0.717) is 17.0 Å². The number of carbonyl (C=O) groups excluding carboxylic acids is 1. The number of para-hydroxylation sites is 1. The van der Waals surface area contributed by atoms with Crippen molar-refractivity contribution in [2.45, 2.75) is 18.7 Å². The van der Waals surface area contributed by atoms with Crippen molar-refractivity contribution in [1.29, 1.82) is 0 Å². The lowest BCUT2D eigenvalue weighted by molar-refractivity contribution is -0.142. The fourth-order valence-corrected chi connectivity index (χ4v) is 3.25. The number of nitrogens with one attached hydrogen (secondary N) is 1. The Morgan fingerprint density at radius 1 is 1.08 bits per heavy atom. The van der Waals surface area contributed by atoms with Crippen LogP contribution in [-0.2, 0) is 19.6 Å². The minimum Gasteiger partial charge on any atom is -0.482 e. The van der Waals surface area contributed by atoms with Gasteiger partial charge >= 0.3 is 5.97 Å². The summed E-state index contributed by atoms with van der Waals surface area (Å²) in [7, 11) is -2.44. The normalized spacial score (nSPS) is 11.0. The number of benzene rings is 2. The highest BCUT2D eigenvalue weighted by Crippen LogP contribution is 2.24. The third kappa shape index (κ3) is 4.26. The monoisotopic (exact) mass is 349 g/mol. The van der Waals surface area contributed by atoms with Gasteiger partial charge in [0.1, 0.15) is 5.75 Å². The van der Waals surface area contributed by atoms with Gasteiger partial charge in [-0.1, -0.05) is 18.2 Å². The van der Waals surface area contributed by atoms with Gasteiger partial charge < -0.3 is 9.47 Å². The second-order valence-corrected chi connectivity index (χ2v) is 6.89. The summed E-state index contributed by atoms with van der Waals surface area (Å²) in [5.41, 5.74) is 1.96. The summed E-state index contributed by atoms with van der Waals surface area (Å²) in [6, 6.07) is 11.6. The van der Waals surface area contributed by atoms with E-state index in [2.05, 4.69) is 9.46 Å². The predicted octanol–water partition coefficient (Wildman–Crippen LogP) is 2.66. The van der Waals surface area contributed by atoms with Crippen molar-refractivity contribution in [3.63, 3.8) is 0 Å². The molecule has 0 radical (unpaired) electrons. The average Bonchev–Trinajstić information content (AvgIpc) is 2.55. The molecule has 6 nitrogen and oxygen atoms in total. The van der Waals surface area contributed by atoms with Gasteiger partial charge in [0.15, 0.2) is 6.61 Å². The number of anilines is 1. The zero-order chi connectivity index (χ0) is 17.7. The molecule has 0 saturated heterocycles. The van der Waals surface area contributed by atoms with Crippen LogP contribution < -0.4 is 9.46 Å². The highest BCUT2D eigenvalue weighted by molar-refractivity contribution is 7.92. The van der Waals surface area contributed by atoms with Crippen molar-refractivity contribution in [2.75, 3.05) is 18.4 Å². The van der Waals surface area contributed by atoms with Crippen LogP contribution in [0.4, 0.5) is 5.69 Å². The molecule has 0 fully saturated rings. The lowest BCUT2D eigenvalue weighted by Gasteiger charge is -2.13. The number of aryl methyl sites for hydroxylation is 2. The molecule has 0 amide bonds. The molecule has 0 unspecified atom stereocenters. The number of methoxy groups -OCH3 is 1. The average molecular weight is 349 g/mol. The number of hydrogen-bond acceptors (Lipinski definition) is 5. The van der Waals surface area contributed by atoms with E-state index in [1.807, 2.05) is 19.1 Å². The van der Waals surface area contributed by atoms with Gasteiger partial charge in [-0.25, -0.2) is 13.2 Å². The molecule has 0 aromatic heterocycles. The molecule has 0 spiro atoms. The van der Waals surface area contributed by atoms with Crippen molar-refractivity contribution in [3.05, 3.63) is 53.6 Å². The SMILES string of the molecule is COC(=O)COc1ccc(S(=O)(=O)Nc2ccccc2C)cc1C. The number of hydrogen-bond donors (Lipinski definition) is 1. The zero-order valence-electron chi connectivity index (χ0n) is 13.7. The van der Waals surface area contributed by atoms with Crippen LogP contribution in [0.2, 0.25) is 0 Å². The molecule has 2 rings (SSSR count). The molecular formula is C17H19NO5S. The molecule has 0 heterocycles. The summed E-state index contributed by atoms with van der Waals surface area (Å²) < 4.78 is 37.4. The molecule has 0 aliphatic rings. The van der Waals surface area contributed by atoms with E-state index < -0.39 is 16.0 Å². The van der Waals surface area contributed by atoms with Crippen LogP contribution in [0, 0.1) is 13.8 Å². The van der Waals surface area contributed by atoms with Gasteiger partial charge in [-0.2, -0.15) is 0 Å². The standard InChI is InChI=1S/C17H19NO5S/c1-12-6-4-5-7-15(12)18-24(20,21)14-8-9-16(13(2)10-14)23-11-17(19)22-3/h4-10,18H,11H2,1-3H3. The van der Waals surface area contributed by atoms with Crippen LogP contribution in [0.5, 0.6) is 5.75 Å². The van der Waals surface area contributed by atoms with E-state index in [1.54, 1.807) is 19.1 Å². The van der Waals surface area contributed by atoms with Gasteiger partial charge in [0, 0.05) is 0 Å². The Bertz CT molecular complexity index is 846. The first kappa shape index (κ1) is 17.8. The second-order valence-electron chi connectivity index (χ2n) is 5.21. The van der Waals surface area contributed by atoms with E-state index in [4.69, 9.17) is 4.74 Å². The fourth-order valence-electron chi connectivity index (χ4n) is 2.04. The van der Waals surface area contributed by atoms with Crippen LogP contribution in [-0.4, -0.2) is 28.1 Å². The Hall–Kier alpha value is -2.54. The lowest BCUT2D eigenvalue weighted by Crippen LogP contribution is -2.15. The summed E-state index contributed by atoms with van der Waals surface area (Å²) in [5.74, 6) is -0.0810. The first-order chi connectivity index (χ1) is 11.3. The van der Waals surface area contributed by atoms with E-state index >= 15 is 0 Å². The summed E-state index contributed by atoms with van der Waals surface area (Å²) >= 11 is 0. The highest BCUT2D eigenvalue weighted by Gasteiger charge is 2.17. The van der Waals surface area contributed by atoms with Gasteiger partial charge in [-0.3, -0.25) is 4.72 Å². The Morgan fingerprint density at radius 2 is 1.79 bits per heavy atom. The highest BCUT2D eigenvalue weighted by atomic mass is 32.2. The molecule has 0 aliphatic heterocycles. The summed E-state index contributed by atoms with van der Waals surface area (Å²) in [4.78, 5) is 11.2. The summed E-state index contributed by atoms with van der Waals surface area (Å²) in [6.45, 7) is 3.30. The Balaban J connectivity index is 2.21. The van der Waals surface area contributed by atoms with Crippen molar-refractivity contribution in [1.82, 2.24) is 0 Å². The molecule has 1 N–H and O–H groups in total. The Labute approximate surface area is 141 Å². The molecule has 0 atom stereocenters. The number of carbonyl (C=O) groups is 1. The van der Waals surface area contributed by atoms with Gasteiger partial charge in [0.05, 0.1) is 17.7 Å². The van der Waals surface area contributed by atoms with E-state index in [-0.39, 0.29) is 11.5 Å². The minimum absolute atomic E-state index is 0.119. The first-order valence-corrected chi connectivity index (χ1v) is 8.70. The van der Waals surface area contributed by atoms with Crippen molar-refractivity contribution in [2.24, 2.45) is 0 Å². The van der Waals surface area contributed by atoms with Gasteiger partial charge in [0.25, 0.3) is 10.0 Å². The predicted molar refractivity (Wildman–Crippen MR) is 90.7 cm³/mol. The Kier molecular flexibility index (Phi) is 5.46. The smallest absolute Gasteiger partial charge is 0.343 e.